The van der Waals surface area contributed by atoms with Crippen LogP contribution in [0.1, 0.15) is 18.3 Å². The molecule has 6 nitrogen and oxygen atoms in total. The third-order valence-electron chi connectivity index (χ3n) is 2.80. The van der Waals surface area contributed by atoms with Crippen molar-refractivity contribution in [3.63, 3.8) is 0 Å². The Balaban J connectivity index is 1.84. The number of hydrogen-bond acceptors (Lipinski definition) is 6. The Morgan fingerprint density at radius 3 is 3.11 bits per heavy atom. The number of aromatic nitrogens is 4. The standard InChI is InChI=1S/C12H13N5OS/c1-2-9-11(13)15-16-17(9)6-8-7-18-12(14-8)10-4-3-5-19-10/h3-5,7H,2,6,13H2,1H3. The summed E-state index contributed by atoms with van der Waals surface area (Å²) in [5, 5.41) is 9.88. The summed E-state index contributed by atoms with van der Waals surface area (Å²) in [4.78, 5) is 5.46. The molecule has 0 aromatic carbocycles. The number of nitrogens with zero attached hydrogens (tertiary/aromatic N) is 4. The van der Waals surface area contributed by atoms with E-state index >= 15 is 0 Å². The molecule has 0 fully saturated rings. The number of oxazole rings is 1. The summed E-state index contributed by atoms with van der Waals surface area (Å²) < 4.78 is 7.22. The minimum Gasteiger partial charge on any atom is -0.443 e. The number of nitrogen functional groups attached to an aromatic ring is 1. The van der Waals surface area contributed by atoms with Crippen molar-refractivity contribution in [3.05, 3.63) is 35.2 Å². The van der Waals surface area contributed by atoms with E-state index in [1.54, 1.807) is 22.3 Å². The first kappa shape index (κ1) is 11.9. The van der Waals surface area contributed by atoms with Gasteiger partial charge in [0.05, 0.1) is 17.1 Å². The van der Waals surface area contributed by atoms with Crippen LogP contribution in [-0.2, 0) is 13.0 Å². The number of anilines is 1. The molecule has 0 aliphatic rings. The maximum Gasteiger partial charge on any atom is 0.236 e. The van der Waals surface area contributed by atoms with Crippen molar-refractivity contribution in [1.82, 2.24) is 20.0 Å². The third-order valence-corrected chi connectivity index (χ3v) is 3.66. The first-order valence-corrected chi connectivity index (χ1v) is 6.82. The third kappa shape index (κ3) is 2.24. The fourth-order valence-corrected chi connectivity index (χ4v) is 2.54. The van der Waals surface area contributed by atoms with Crippen molar-refractivity contribution >= 4 is 17.2 Å². The van der Waals surface area contributed by atoms with Gasteiger partial charge in [0.2, 0.25) is 5.89 Å². The van der Waals surface area contributed by atoms with Gasteiger partial charge in [-0.2, -0.15) is 0 Å². The second-order valence-corrected chi connectivity index (χ2v) is 5.00. The van der Waals surface area contributed by atoms with Crippen LogP contribution in [0.15, 0.2) is 28.2 Å². The lowest BCUT2D eigenvalue weighted by Crippen LogP contribution is -2.07. The van der Waals surface area contributed by atoms with Crippen LogP contribution >= 0.6 is 11.3 Å². The zero-order valence-corrected chi connectivity index (χ0v) is 11.2. The van der Waals surface area contributed by atoms with Crippen molar-refractivity contribution in [2.45, 2.75) is 19.9 Å². The molecule has 0 atom stereocenters. The van der Waals surface area contributed by atoms with Crippen molar-refractivity contribution in [3.8, 4) is 10.8 Å². The Kier molecular flexibility index (Phi) is 3.04. The normalized spacial score (nSPS) is 11.0. The monoisotopic (exact) mass is 275 g/mol. The highest BCUT2D eigenvalue weighted by atomic mass is 32.1. The van der Waals surface area contributed by atoms with Gasteiger partial charge >= 0.3 is 0 Å². The number of rotatable bonds is 4. The van der Waals surface area contributed by atoms with E-state index in [0.717, 1.165) is 22.7 Å². The van der Waals surface area contributed by atoms with Gasteiger partial charge in [0.15, 0.2) is 5.82 Å². The average molecular weight is 275 g/mol. The maximum atomic E-state index is 5.75. The van der Waals surface area contributed by atoms with Crippen molar-refractivity contribution in [1.29, 1.82) is 0 Å². The van der Waals surface area contributed by atoms with E-state index in [9.17, 15) is 0 Å². The molecule has 3 aromatic rings. The molecule has 19 heavy (non-hydrogen) atoms. The quantitative estimate of drug-likeness (QED) is 0.789. The molecular formula is C12H13N5OS. The summed E-state index contributed by atoms with van der Waals surface area (Å²) in [6, 6.07) is 3.95. The van der Waals surface area contributed by atoms with Crippen LogP contribution in [0.3, 0.4) is 0 Å². The molecule has 0 aliphatic carbocycles. The molecule has 3 heterocycles. The van der Waals surface area contributed by atoms with Gasteiger partial charge in [0.25, 0.3) is 0 Å². The van der Waals surface area contributed by atoms with Gasteiger partial charge in [-0.3, -0.25) is 0 Å². The lowest BCUT2D eigenvalue weighted by molar-refractivity contribution is 0.567. The van der Waals surface area contributed by atoms with Crippen LogP contribution in [0.4, 0.5) is 5.82 Å². The summed E-state index contributed by atoms with van der Waals surface area (Å²) in [7, 11) is 0. The molecule has 98 valence electrons. The van der Waals surface area contributed by atoms with Gasteiger partial charge in [-0.1, -0.05) is 18.2 Å². The minimum atomic E-state index is 0.476. The van der Waals surface area contributed by atoms with Crippen molar-refractivity contribution < 1.29 is 4.42 Å². The van der Waals surface area contributed by atoms with Crippen LogP contribution in [0.5, 0.6) is 0 Å². The maximum absolute atomic E-state index is 5.75. The Morgan fingerprint density at radius 1 is 1.47 bits per heavy atom. The average Bonchev–Trinajstić information content (AvgIpc) is 3.11. The molecule has 0 bridgehead atoms. The predicted octanol–water partition coefficient (Wildman–Crippen LogP) is 2.19. The van der Waals surface area contributed by atoms with E-state index in [-0.39, 0.29) is 0 Å². The minimum absolute atomic E-state index is 0.476. The summed E-state index contributed by atoms with van der Waals surface area (Å²) in [6.45, 7) is 2.54. The lowest BCUT2D eigenvalue weighted by atomic mass is 10.3. The molecule has 0 amide bonds. The topological polar surface area (TPSA) is 82.8 Å². The van der Waals surface area contributed by atoms with Crippen molar-refractivity contribution in [2.75, 3.05) is 5.73 Å². The number of nitrogens with two attached hydrogens (primary N) is 1. The Morgan fingerprint density at radius 2 is 2.37 bits per heavy atom. The highest BCUT2D eigenvalue weighted by molar-refractivity contribution is 7.13. The molecule has 0 unspecified atom stereocenters. The summed E-state index contributed by atoms with van der Waals surface area (Å²) in [6.07, 6.45) is 2.43. The van der Waals surface area contributed by atoms with Crippen LogP contribution < -0.4 is 5.73 Å². The van der Waals surface area contributed by atoms with Crippen LogP contribution in [0.25, 0.3) is 10.8 Å². The van der Waals surface area contributed by atoms with Gasteiger partial charge in [-0.15, -0.1) is 16.4 Å². The van der Waals surface area contributed by atoms with Gasteiger partial charge in [0, 0.05) is 0 Å². The van der Waals surface area contributed by atoms with E-state index in [0.29, 0.717) is 18.3 Å². The molecule has 0 saturated carbocycles. The Bertz CT molecular complexity index is 670. The van der Waals surface area contributed by atoms with E-state index in [2.05, 4.69) is 15.3 Å². The summed E-state index contributed by atoms with van der Waals surface area (Å²) >= 11 is 1.60. The fraction of sp³-hybridized carbons (Fsp3) is 0.250. The zero-order chi connectivity index (χ0) is 13.2. The van der Waals surface area contributed by atoms with Crippen molar-refractivity contribution in [2.24, 2.45) is 0 Å². The lowest BCUT2D eigenvalue weighted by Gasteiger charge is -2.01. The molecule has 0 spiro atoms. The number of thiophene rings is 1. The molecule has 3 rings (SSSR count). The zero-order valence-electron chi connectivity index (χ0n) is 10.4. The second kappa shape index (κ2) is 4.85. The predicted molar refractivity (Wildman–Crippen MR) is 72.7 cm³/mol. The van der Waals surface area contributed by atoms with E-state index in [1.807, 2.05) is 24.4 Å². The molecule has 0 aliphatic heterocycles. The summed E-state index contributed by atoms with van der Waals surface area (Å²) in [5.41, 5.74) is 7.48. The Labute approximate surface area is 113 Å². The van der Waals surface area contributed by atoms with Crippen LogP contribution in [0.2, 0.25) is 0 Å². The number of hydrogen-bond donors (Lipinski definition) is 1. The molecular weight excluding hydrogens is 262 g/mol. The van der Waals surface area contributed by atoms with E-state index < -0.39 is 0 Å². The van der Waals surface area contributed by atoms with Crippen LogP contribution in [-0.4, -0.2) is 20.0 Å². The molecule has 2 N–H and O–H groups in total. The molecule has 7 heteroatoms. The fourth-order valence-electron chi connectivity index (χ4n) is 1.88. The highest BCUT2D eigenvalue weighted by Gasteiger charge is 2.12. The van der Waals surface area contributed by atoms with Gasteiger partial charge < -0.3 is 10.2 Å². The molecule has 0 saturated heterocycles. The van der Waals surface area contributed by atoms with Gasteiger partial charge in [-0.05, 0) is 17.9 Å². The van der Waals surface area contributed by atoms with E-state index in [4.69, 9.17) is 10.2 Å². The first-order valence-electron chi connectivity index (χ1n) is 5.94. The largest absolute Gasteiger partial charge is 0.443 e. The SMILES string of the molecule is CCc1c(N)nnn1Cc1coc(-c2cccs2)n1. The molecule has 0 radical (unpaired) electrons. The van der Waals surface area contributed by atoms with Gasteiger partial charge in [0.1, 0.15) is 12.0 Å². The van der Waals surface area contributed by atoms with Gasteiger partial charge in [-0.25, -0.2) is 9.67 Å². The highest BCUT2D eigenvalue weighted by Crippen LogP contribution is 2.24. The smallest absolute Gasteiger partial charge is 0.236 e. The first-order chi connectivity index (χ1) is 9.28. The second-order valence-electron chi connectivity index (χ2n) is 4.05. The Hall–Kier alpha value is -2.15. The summed E-state index contributed by atoms with van der Waals surface area (Å²) in [5.74, 6) is 1.11. The molecule has 3 aromatic heterocycles. The van der Waals surface area contributed by atoms with Crippen LogP contribution in [0, 0.1) is 0 Å². The van der Waals surface area contributed by atoms with E-state index in [1.165, 1.54) is 0 Å².